The Labute approximate surface area is 86.8 Å². The van der Waals surface area contributed by atoms with Crippen molar-refractivity contribution in [2.24, 2.45) is 0 Å². The number of nitrogens with one attached hydrogen (secondary N) is 1. The molecule has 0 aliphatic carbocycles. The Kier molecular flexibility index (Phi) is 3.42. The van der Waals surface area contributed by atoms with Crippen molar-refractivity contribution in [2.75, 3.05) is 26.2 Å². The lowest BCUT2D eigenvalue weighted by atomic mass is 10.2. The fourth-order valence-corrected chi connectivity index (χ4v) is 2.39. The van der Waals surface area contributed by atoms with E-state index >= 15 is 0 Å². The van der Waals surface area contributed by atoms with Crippen LogP contribution >= 0.6 is 0 Å². The maximum Gasteiger partial charge on any atom is 0.0707 e. The van der Waals surface area contributed by atoms with Gasteiger partial charge in [0.15, 0.2) is 0 Å². The van der Waals surface area contributed by atoms with Crippen LogP contribution in [0.3, 0.4) is 0 Å². The minimum absolute atomic E-state index is 0.535. The molecule has 0 spiro atoms. The van der Waals surface area contributed by atoms with Crippen molar-refractivity contribution >= 4 is 0 Å². The Morgan fingerprint density at radius 3 is 2.50 bits per heavy atom. The summed E-state index contributed by atoms with van der Waals surface area (Å²) in [6, 6.07) is 0.604. The molecule has 2 unspecified atom stereocenters. The van der Waals surface area contributed by atoms with E-state index in [1.807, 2.05) is 0 Å². The van der Waals surface area contributed by atoms with Gasteiger partial charge in [0.25, 0.3) is 0 Å². The van der Waals surface area contributed by atoms with Crippen LogP contribution in [0.15, 0.2) is 0 Å². The molecule has 1 N–H and O–H groups in total. The SMILES string of the molecule is CC(C)NCCN1CC2CCC(C1)O2. The Morgan fingerprint density at radius 2 is 1.93 bits per heavy atom. The molecule has 0 saturated carbocycles. The fraction of sp³-hybridized carbons (Fsp3) is 1.00. The summed E-state index contributed by atoms with van der Waals surface area (Å²) in [7, 11) is 0. The normalized spacial score (nSPS) is 32.8. The second-order valence-electron chi connectivity index (χ2n) is 4.83. The molecule has 0 aromatic rings. The first kappa shape index (κ1) is 10.4. The van der Waals surface area contributed by atoms with Crippen LogP contribution in [0.2, 0.25) is 0 Å². The molecule has 3 heteroatoms. The molecule has 2 heterocycles. The molecule has 0 radical (unpaired) electrons. The lowest BCUT2D eigenvalue weighted by molar-refractivity contribution is -0.0377. The summed E-state index contributed by atoms with van der Waals surface area (Å²) in [4.78, 5) is 2.54. The van der Waals surface area contributed by atoms with Gasteiger partial charge in [-0.1, -0.05) is 13.8 Å². The number of nitrogens with zero attached hydrogens (tertiary/aromatic N) is 1. The Hall–Kier alpha value is -0.120. The van der Waals surface area contributed by atoms with Gasteiger partial charge in [-0.3, -0.25) is 4.90 Å². The third-order valence-electron chi connectivity index (χ3n) is 3.10. The van der Waals surface area contributed by atoms with Gasteiger partial charge in [-0.05, 0) is 12.8 Å². The molecule has 0 aromatic heterocycles. The molecular formula is C11H22N2O. The first-order chi connectivity index (χ1) is 6.74. The standard InChI is InChI=1S/C11H22N2O/c1-9(2)12-5-6-13-7-10-3-4-11(8-13)14-10/h9-12H,3-8H2,1-2H3. The van der Waals surface area contributed by atoms with Gasteiger partial charge in [0.2, 0.25) is 0 Å². The third kappa shape index (κ3) is 2.69. The van der Waals surface area contributed by atoms with Crippen molar-refractivity contribution in [3.8, 4) is 0 Å². The van der Waals surface area contributed by atoms with E-state index in [0.29, 0.717) is 18.2 Å². The van der Waals surface area contributed by atoms with Gasteiger partial charge in [-0.2, -0.15) is 0 Å². The number of rotatable bonds is 4. The molecule has 2 rings (SSSR count). The van der Waals surface area contributed by atoms with Gasteiger partial charge in [0.05, 0.1) is 12.2 Å². The molecular weight excluding hydrogens is 176 g/mol. The van der Waals surface area contributed by atoms with Gasteiger partial charge in [0.1, 0.15) is 0 Å². The molecule has 2 saturated heterocycles. The van der Waals surface area contributed by atoms with Crippen molar-refractivity contribution in [3.05, 3.63) is 0 Å². The molecule has 2 bridgehead atoms. The zero-order chi connectivity index (χ0) is 9.97. The van der Waals surface area contributed by atoms with Crippen LogP contribution in [-0.4, -0.2) is 49.3 Å². The highest BCUT2D eigenvalue weighted by Gasteiger charge is 2.33. The molecule has 2 aliphatic rings. The van der Waals surface area contributed by atoms with Crippen LogP contribution in [0.4, 0.5) is 0 Å². The molecule has 14 heavy (non-hydrogen) atoms. The van der Waals surface area contributed by atoms with E-state index in [-0.39, 0.29) is 0 Å². The zero-order valence-corrected chi connectivity index (χ0v) is 9.33. The number of morpholine rings is 1. The zero-order valence-electron chi connectivity index (χ0n) is 9.33. The third-order valence-corrected chi connectivity index (χ3v) is 3.10. The lowest BCUT2D eigenvalue weighted by Crippen LogP contribution is -2.45. The van der Waals surface area contributed by atoms with E-state index in [1.54, 1.807) is 0 Å². The Balaban J connectivity index is 1.67. The molecule has 0 aromatic carbocycles. The van der Waals surface area contributed by atoms with E-state index in [9.17, 15) is 0 Å². The van der Waals surface area contributed by atoms with E-state index in [4.69, 9.17) is 4.74 Å². The minimum Gasteiger partial charge on any atom is -0.372 e. The average molecular weight is 198 g/mol. The van der Waals surface area contributed by atoms with Crippen LogP contribution in [-0.2, 0) is 4.74 Å². The first-order valence-electron chi connectivity index (χ1n) is 5.85. The molecule has 2 atom stereocenters. The smallest absolute Gasteiger partial charge is 0.0707 e. The summed E-state index contributed by atoms with van der Waals surface area (Å²) in [5.74, 6) is 0. The highest BCUT2D eigenvalue weighted by Crippen LogP contribution is 2.25. The van der Waals surface area contributed by atoms with Gasteiger partial charge >= 0.3 is 0 Å². The summed E-state index contributed by atoms with van der Waals surface area (Å²) in [6.07, 6.45) is 3.62. The molecule has 0 amide bonds. The number of hydrogen-bond donors (Lipinski definition) is 1. The van der Waals surface area contributed by atoms with E-state index < -0.39 is 0 Å². The van der Waals surface area contributed by atoms with Gasteiger partial charge in [-0.25, -0.2) is 0 Å². The summed E-state index contributed by atoms with van der Waals surface area (Å²) in [6.45, 7) is 8.98. The number of hydrogen-bond acceptors (Lipinski definition) is 3. The quantitative estimate of drug-likeness (QED) is 0.725. The highest BCUT2D eigenvalue weighted by molar-refractivity contribution is 4.84. The van der Waals surface area contributed by atoms with Crippen molar-refractivity contribution in [1.82, 2.24) is 10.2 Å². The highest BCUT2D eigenvalue weighted by atomic mass is 16.5. The van der Waals surface area contributed by atoms with Crippen molar-refractivity contribution in [2.45, 2.75) is 44.9 Å². The predicted molar refractivity (Wildman–Crippen MR) is 57.5 cm³/mol. The van der Waals surface area contributed by atoms with Gasteiger partial charge in [0, 0.05) is 32.2 Å². The van der Waals surface area contributed by atoms with E-state index in [2.05, 4.69) is 24.1 Å². The monoisotopic (exact) mass is 198 g/mol. The summed E-state index contributed by atoms with van der Waals surface area (Å²) in [5, 5.41) is 3.46. The maximum atomic E-state index is 5.79. The Bertz CT molecular complexity index is 172. The van der Waals surface area contributed by atoms with Crippen molar-refractivity contribution < 1.29 is 4.74 Å². The Morgan fingerprint density at radius 1 is 1.29 bits per heavy atom. The average Bonchev–Trinajstić information content (AvgIpc) is 2.45. The summed E-state index contributed by atoms with van der Waals surface area (Å²) < 4.78 is 5.79. The van der Waals surface area contributed by atoms with Crippen LogP contribution in [0.1, 0.15) is 26.7 Å². The second-order valence-corrected chi connectivity index (χ2v) is 4.83. The topological polar surface area (TPSA) is 24.5 Å². The van der Waals surface area contributed by atoms with E-state index in [0.717, 1.165) is 19.6 Å². The molecule has 82 valence electrons. The fourth-order valence-electron chi connectivity index (χ4n) is 2.39. The van der Waals surface area contributed by atoms with Crippen molar-refractivity contribution in [1.29, 1.82) is 0 Å². The van der Waals surface area contributed by atoms with Crippen LogP contribution in [0.5, 0.6) is 0 Å². The summed E-state index contributed by atoms with van der Waals surface area (Å²) >= 11 is 0. The largest absolute Gasteiger partial charge is 0.372 e. The second kappa shape index (κ2) is 4.60. The predicted octanol–water partition coefficient (Wildman–Crippen LogP) is 0.848. The number of fused-ring (bicyclic) bond motifs is 2. The maximum absolute atomic E-state index is 5.79. The molecule has 2 aliphatic heterocycles. The first-order valence-corrected chi connectivity index (χ1v) is 5.85. The summed E-state index contributed by atoms with van der Waals surface area (Å²) in [5.41, 5.74) is 0. The van der Waals surface area contributed by atoms with E-state index in [1.165, 1.54) is 19.4 Å². The molecule has 2 fully saturated rings. The van der Waals surface area contributed by atoms with Crippen LogP contribution in [0, 0.1) is 0 Å². The number of likely N-dealkylation sites (tertiary alicyclic amines) is 1. The van der Waals surface area contributed by atoms with Gasteiger partial charge in [-0.15, -0.1) is 0 Å². The molecule has 3 nitrogen and oxygen atoms in total. The minimum atomic E-state index is 0.535. The van der Waals surface area contributed by atoms with Gasteiger partial charge < -0.3 is 10.1 Å². The van der Waals surface area contributed by atoms with Crippen molar-refractivity contribution in [3.63, 3.8) is 0 Å². The lowest BCUT2D eigenvalue weighted by Gasteiger charge is -2.32. The number of ether oxygens (including phenoxy) is 1. The van der Waals surface area contributed by atoms with Crippen LogP contribution < -0.4 is 5.32 Å². The van der Waals surface area contributed by atoms with Crippen LogP contribution in [0.25, 0.3) is 0 Å².